The fourth-order valence-electron chi connectivity index (χ4n) is 2.30. The van der Waals surface area contributed by atoms with Crippen molar-refractivity contribution in [1.82, 2.24) is 5.32 Å². The molecule has 1 unspecified atom stereocenters. The molecular weight excluding hydrogens is 350 g/mol. The molecule has 2 aromatic rings. The van der Waals surface area contributed by atoms with Crippen LogP contribution < -0.4 is 5.32 Å². The van der Waals surface area contributed by atoms with Gasteiger partial charge >= 0.3 is 0 Å². The normalized spacial score (nSPS) is 12.6. The Morgan fingerprint density at radius 3 is 2.38 bits per heavy atom. The molecule has 2 aromatic carbocycles. The molecule has 0 aromatic heterocycles. The molecule has 0 radical (unpaired) electrons. The molecule has 0 spiro atoms. The van der Waals surface area contributed by atoms with E-state index in [-0.39, 0.29) is 11.8 Å². The number of aromatic hydroxyl groups is 1. The molecule has 0 aliphatic heterocycles. The Hall–Kier alpha value is -1.03. The third kappa shape index (κ3) is 4.47. The van der Waals surface area contributed by atoms with Gasteiger partial charge in [-0.1, -0.05) is 43.6 Å². The maximum atomic E-state index is 9.53. The number of benzene rings is 2. The highest BCUT2D eigenvalue weighted by Crippen LogP contribution is 2.26. The minimum absolute atomic E-state index is 0.259. The van der Waals surface area contributed by atoms with Crippen LogP contribution >= 0.6 is 27.5 Å². The number of hydrogen-bond acceptors (Lipinski definition) is 2. The first-order chi connectivity index (χ1) is 9.97. The quantitative estimate of drug-likeness (QED) is 0.751. The highest BCUT2D eigenvalue weighted by Gasteiger charge is 2.15. The first-order valence-electron chi connectivity index (χ1n) is 6.93. The highest BCUT2D eigenvalue weighted by atomic mass is 79.9. The van der Waals surface area contributed by atoms with Gasteiger partial charge in [0.2, 0.25) is 0 Å². The molecule has 0 saturated heterocycles. The summed E-state index contributed by atoms with van der Waals surface area (Å²) in [5.41, 5.74) is 2.35. The minimum Gasteiger partial charge on any atom is -0.507 e. The molecule has 4 heteroatoms. The number of rotatable bonds is 5. The van der Waals surface area contributed by atoms with Crippen molar-refractivity contribution in [3.05, 3.63) is 63.1 Å². The second-order valence-electron chi connectivity index (χ2n) is 5.44. The predicted octanol–water partition coefficient (Wildman–Crippen LogP) is 5.30. The molecule has 0 saturated carbocycles. The zero-order chi connectivity index (χ0) is 15.4. The van der Waals surface area contributed by atoms with E-state index in [2.05, 4.69) is 47.2 Å². The highest BCUT2D eigenvalue weighted by molar-refractivity contribution is 9.10. The van der Waals surface area contributed by atoms with E-state index >= 15 is 0 Å². The summed E-state index contributed by atoms with van der Waals surface area (Å²) in [6, 6.07) is 13.8. The Kier molecular flexibility index (Phi) is 5.68. The number of nitrogens with one attached hydrogen (secondary N) is 1. The van der Waals surface area contributed by atoms with Crippen molar-refractivity contribution in [2.75, 3.05) is 0 Å². The molecule has 21 heavy (non-hydrogen) atoms. The molecule has 0 fully saturated rings. The lowest BCUT2D eigenvalue weighted by Crippen LogP contribution is -2.25. The van der Waals surface area contributed by atoms with E-state index in [0.29, 0.717) is 5.92 Å². The zero-order valence-corrected chi connectivity index (χ0v) is 14.4. The fourth-order valence-corrected chi connectivity index (χ4v) is 2.85. The Morgan fingerprint density at radius 1 is 1.14 bits per heavy atom. The van der Waals surface area contributed by atoms with Gasteiger partial charge < -0.3 is 10.4 Å². The van der Waals surface area contributed by atoms with E-state index < -0.39 is 0 Å². The van der Waals surface area contributed by atoms with Crippen LogP contribution in [0.3, 0.4) is 0 Å². The standard InChI is InChI=1S/C17H19BrClNO/c1-11(2)17(13-4-6-14(19)7-5-13)20-10-12-3-8-16(21)15(18)9-12/h3-9,11,17,20-21H,10H2,1-2H3. The lowest BCUT2D eigenvalue weighted by molar-refractivity contribution is 0.410. The number of hydrogen-bond donors (Lipinski definition) is 2. The summed E-state index contributed by atoms with van der Waals surface area (Å²) >= 11 is 9.29. The summed E-state index contributed by atoms with van der Waals surface area (Å²) in [7, 11) is 0. The van der Waals surface area contributed by atoms with Crippen molar-refractivity contribution < 1.29 is 5.11 Å². The molecule has 0 aliphatic rings. The molecular formula is C17H19BrClNO. The number of phenols is 1. The van der Waals surface area contributed by atoms with Crippen LogP contribution in [-0.2, 0) is 6.54 Å². The van der Waals surface area contributed by atoms with Gasteiger partial charge in [-0.25, -0.2) is 0 Å². The van der Waals surface area contributed by atoms with Crippen LogP contribution in [0.2, 0.25) is 5.02 Å². The van der Waals surface area contributed by atoms with Gasteiger partial charge in [-0.2, -0.15) is 0 Å². The smallest absolute Gasteiger partial charge is 0.129 e. The van der Waals surface area contributed by atoms with Crippen molar-refractivity contribution in [1.29, 1.82) is 0 Å². The molecule has 2 rings (SSSR count). The second-order valence-corrected chi connectivity index (χ2v) is 6.73. The molecule has 0 aliphatic carbocycles. The average Bonchev–Trinajstić information content (AvgIpc) is 2.44. The van der Waals surface area contributed by atoms with Gasteiger partial charge in [0.25, 0.3) is 0 Å². The Balaban J connectivity index is 2.09. The predicted molar refractivity (Wildman–Crippen MR) is 91.7 cm³/mol. The summed E-state index contributed by atoms with van der Waals surface area (Å²) in [5, 5.41) is 13.9. The Labute approximate surface area is 139 Å². The van der Waals surface area contributed by atoms with Crippen LogP contribution in [0.1, 0.15) is 31.0 Å². The molecule has 2 nitrogen and oxygen atoms in total. The van der Waals surface area contributed by atoms with Crippen LogP contribution in [0, 0.1) is 5.92 Å². The SMILES string of the molecule is CC(C)C(NCc1ccc(O)c(Br)c1)c1ccc(Cl)cc1. The third-order valence-corrected chi connectivity index (χ3v) is 4.32. The molecule has 2 N–H and O–H groups in total. The van der Waals surface area contributed by atoms with Gasteiger partial charge in [0, 0.05) is 17.6 Å². The first kappa shape index (κ1) is 16.3. The van der Waals surface area contributed by atoms with Gasteiger partial charge in [0.1, 0.15) is 5.75 Å². The summed E-state index contributed by atoms with van der Waals surface area (Å²) in [6.45, 7) is 5.13. The number of halogens is 2. The largest absolute Gasteiger partial charge is 0.507 e. The molecule has 0 heterocycles. The van der Waals surface area contributed by atoms with E-state index in [4.69, 9.17) is 11.6 Å². The molecule has 0 bridgehead atoms. The molecule has 112 valence electrons. The monoisotopic (exact) mass is 367 g/mol. The number of phenolic OH excluding ortho intramolecular Hbond substituents is 1. The van der Waals surface area contributed by atoms with Crippen LogP contribution in [0.4, 0.5) is 0 Å². The zero-order valence-electron chi connectivity index (χ0n) is 12.1. The first-order valence-corrected chi connectivity index (χ1v) is 8.10. The summed E-state index contributed by atoms with van der Waals surface area (Å²) < 4.78 is 0.717. The van der Waals surface area contributed by atoms with Crippen LogP contribution in [-0.4, -0.2) is 5.11 Å². The minimum atomic E-state index is 0.259. The Bertz CT molecular complexity index is 598. The average molecular weight is 369 g/mol. The van der Waals surface area contributed by atoms with Crippen molar-refractivity contribution in [2.24, 2.45) is 5.92 Å². The van der Waals surface area contributed by atoms with Gasteiger partial charge in [-0.15, -0.1) is 0 Å². The fraction of sp³-hybridized carbons (Fsp3) is 0.294. The maximum absolute atomic E-state index is 9.53. The Morgan fingerprint density at radius 2 is 1.81 bits per heavy atom. The van der Waals surface area contributed by atoms with E-state index in [9.17, 15) is 5.11 Å². The third-order valence-electron chi connectivity index (χ3n) is 3.43. The second kappa shape index (κ2) is 7.30. The summed E-state index contributed by atoms with van der Waals surface area (Å²) in [6.07, 6.45) is 0. The van der Waals surface area contributed by atoms with Crippen LogP contribution in [0.5, 0.6) is 5.75 Å². The van der Waals surface area contributed by atoms with Gasteiger partial charge in [0.05, 0.1) is 4.47 Å². The van der Waals surface area contributed by atoms with Crippen LogP contribution in [0.25, 0.3) is 0 Å². The molecule has 0 amide bonds. The summed E-state index contributed by atoms with van der Waals surface area (Å²) in [4.78, 5) is 0. The van der Waals surface area contributed by atoms with Crippen molar-refractivity contribution in [2.45, 2.75) is 26.4 Å². The van der Waals surface area contributed by atoms with Crippen LogP contribution in [0.15, 0.2) is 46.9 Å². The van der Waals surface area contributed by atoms with Gasteiger partial charge in [0.15, 0.2) is 0 Å². The van der Waals surface area contributed by atoms with E-state index in [1.165, 1.54) is 5.56 Å². The van der Waals surface area contributed by atoms with Crippen molar-refractivity contribution in [3.8, 4) is 5.75 Å². The summed E-state index contributed by atoms with van der Waals surface area (Å²) in [5.74, 6) is 0.726. The van der Waals surface area contributed by atoms with Crippen molar-refractivity contribution in [3.63, 3.8) is 0 Å². The molecule has 1 atom stereocenters. The van der Waals surface area contributed by atoms with Gasteiger partial charge in [-0.05, 0) is 57.2 Å². The van der Waals surface area contributed by atoms with Gasteiger partial charge in [-0.3, -0.25) is 0 Å². The van der Waals surface area contributed by atoms with Crippen molar-refractivity contribution >= 4 is 27.5 Å². The lowest BCUT2D eigenvalue weighted by Gasteiger charge is -2.23. The van der Waals surface area contributed by atoms with E-state index in [1.54, 1.807) is 6.07 Å². The topological polar surface area (TPSA) is 32.3 Å². The maximum Gasteiger partial charge on any atom is 0.129 e. The van der Waals surface area contributed by atoms with E-state index in [1.807, 2.05) is 24.3 Å². The lowest BCUT2D eigenvalue weighted by atomic mass is 9.96. The van der Waals surface area contributed by atoms with E-state index in [0.717, 1.165) is 21.6 Å².